The first-order chi connectivity index (χ1) is 6.04. The number of rotatable bonds is 2. The lowest BCUT2D eigenvalue weighted by atomic mass is 10.4. The van der Waals surface area contributed by atoms with Crippen LogP contribution in [0, 0.1) is 0 Å². The maximum Gasteiger partial charge on any atom is 0.516 e. The predicted octanol–water partition coefficient (Wildman–Crippen LogP) is 2.50. The second-order valence-electron chi connectivity index (χ2n) is 1.71. The Kier molecular flexibility index (Phi) is 10.8. The van der Waals surface area contributed by atoms with Gasteiger partial charge in [0, 0.05) is 0 Å². The quantitative estimate of drug-likeness (QED) is 0.395. The fourth-order valence-corrected chi connectivity index (χ4v) is 0.307. The highest BCUT2D eigenvalue weighted by Gasteiger charge is 2.01. The summed E-state index contributed by atoms with van der Waals surface area (Å²) in [6, 6.07) is 0. The zero-order valence-electron chi connectivity index (χ0n) is 7.27. The number of ether oxygens (including phenoxy) is 1. The van der Waals surface area contributed by atoms with Crippen LogP contribution in [0.1, 0.15) is 13.3 Å². The third-order valence-electron chi connectivity index (χ3n) is 0.682. The fraction of sp³-hybridized carbons (Fsp3) is 0.250. The Bertz CT molecular complexity index is 183. The van der Waals surface area contributed by atoms with Gasteiger partial charge in [-0.2, -0.15) is 0 Å². The maximum absolute atomic E-state index is 9.21. The molecule has 0 amide bonds. The standard InChI is InChI=1S/C6H10.C2H2O5/c1-3-5-6-4-2;3-1(4)7-2(5)6/h3,5-6H,1,4H2,2H3;(H,3,4)(H,5,6). The van der Waals surface area contributed by atoms with Gasteiger partial charge in [-0.05, 0) is 6.42 Å². The molecule has 13 heavy (non-hydrogen) atoms. The molecule has 0 aliphatic rings. The maximum atomic E-state index is 9.21. The summed E-state index contributed by atoms with van der Waals surface area (Å²) in [4.78, 5) is 18.4. The van der Waals surface area contributed by atoms with Crippen molar-refractivity contribution < 1.29 is 24.5 Å². The Morgan fingerprint density at radius 3 is 1.92 bits per heavy atom. The first-order valence-electron chi connectivity index (χ1n) is 3.45. The van der Waals surface area contributed by atoms with Crippen molar-refractivity contribution in [1.29, 1.82) is 0 Å². The minimum Gasteiger partial charge on any atom is -0.449 e. The Morgan fingerprint density at radius 1 is 1.38 bits per heavy atom. The van der Waals surface area contributed by atoms with E-state index >= 15 is 0 Å². The molecule has 0 aromatic carbocycles. The molecule has 2 N–H and O–H groups in total. The Balaban J connectivity index is 0. The molecule has 0 aliphatic heterocycles. The molecule has 0 spiro atoms. The van der Waals surface area contributed by atoms with Crippen molar-refractivity contribution in [1.82, 2.24) is 0 Å². The van der Waals surface area contributed by atoms with E-state index in [1.165, 1.54) is 0 Å². The Hall–Kier alpha value is -1.78. The summed E-state index contributed by atoms with van der Waals surface area (Å²) >= 11 is 0. The summed E-state index contributed by atoms with van der Waals surface area (Å²) in [7, 11) is 0. The van der Waals surface area contributed by atoms with Gasteiger partial charge in [0.05, 0.1) is 0 Å². The Labute approximate surface area is 75.9 Å². The number of hydrogen-bond donors (Lipinski definition) is 2. The van der Waals surface area contributed by atoms with Crippen molar-refractivity contribution in [3.8, 4) is 0 Å². The molecular formula is C8H12O5. The lowest BCUT2D eigenvalue weighted by Gasteiger charge is -1.84. The average Bonchev–Trinajstić information content (AvgIpc) is 1.99. The molecule has 5 heteroatoms. The molecule has 0 atom stereocenters. The molecule has 0 aromatic heterocycles. The van der Waals surface area contributed by atoms with Crippen LogP contribution < -0.4 is 0 Å². The number of hydrogen-bond acceptors (Lipinski definition) is 3. The second-order valence-corrected chi connectivity index (χ2v) is 1.71. The van der Waals surface area contributed by atoms with Crippen LogP contribution in [0.3, 0.4) is 0 Å². The van der Waals surface area contributed by atoms with E-state index in [2.05, 4.69) is 24.3 Å². The first-order valence-corrected chi connectivity index (χ1v) is 3.45. The predicted molar refractivity (Wildman–Crippen MR) is 46.8 cm³/mol. The van der Waals surface area contributed by atoms with Crippen LogP contribution in [0.5, 0.6) is 0 Å². The van der Waals surface area contributed by atoms with Crippen LogP contribution in [0.15, 0.2) is 24.8 Å². The zero-order valence-corrected chi connectivity index (χ0v) is 7.27. The van der Waals surface area contributed by atoms with Gasteiger partial charge in [-0.1, -0.05) is 31.7 Å². The van der Waals surface area contributed by atoms with Crippen molar-refractivity contribution in [2.75, 3.05) is 0 Å². The largest absolute Gasteiger partial charge is 0.516 e. The van der Waals surface area contributed by atoms with Gasteiger partial charge in [0.15, 0.2) is 0 Å². The highest BCUT2D eigenvalue weighted by Crippen LogP contribution is 1.76. The molecule has 0 saturated carbocycles. The van der Waals surface area contributed by atoms with Gasteiger partial charge < -0.3 is 14.9 Å². The lowest BCUT2D eigenvalue weighted by molar-refractivity contribution is 0.0802. The van der Waals surface area contributed by atoms with E-state index in [9.17, 15) is 9.59 Å². The second kappa shape index (κ2) is 10.2. The Morgan fingerprint density at radius 2 is 1.85 bits per heavy atom. The van der Waals surface area contributed by atoms with Gasteiger partial charge >= 0.3 is 12.3 Å². The summed E-state index contributed by atoms with van der Waals surface area (Å²) in [5, 5.41) is 15.0. The number of carboxylic acid groups (broad SMARTS) is 2. The van der Waals surface area contributed by atoms with Gasteiger partial charge in [0.1, 0.15) is 0 Å². The number of allylic oxidation sites excluding steroid dienone is 3. The van der Waals surface area contributed by atoms with Crippen molar-refractivity contribution >= 4 is 12.3 Å². The van der Waals surface area contributed by atoms with Crippen molar-refractivity contribution in [2.45, 2.75) is 13.3 Å². The summed E-state index contributed by atoms with van der Waals surface area (Å²) in [6.45, 7) is 5.61. The molecule has 5 nitrogen and oxygen atoms in total. The summed E-state index contributed by atoms with van der Waals surface area (Å²) in [5.74, 6) is 0. The minimum absolute atomic E-state index is 1.10. The lowest BCUT2D eigenvalue weighted by Crippen LogP contribution is -2.05. The average molecular weight is 188 g/mol. The molecule has 0 bridgehead atoms. The van der Waals surface area contributed by atoms with Gasteiger partial charge in [0.25, 0.3) is 0 Å². The first kappa shape index (κ1) is 13.8. The third kappa shape index (κ3) is 25.3. The van der Waals surface area contributed by atoms with Crippen molar-refractivity contribution in [3.05, 3.63) is 24.8 Å². The third-order valence-corrected chi connectivity index (χ3v) is 0.682. The molecule has 0 heterocycles. The van der Waals surface area contributed by atoms with Crippen LogP contribution >= 0.6 is 0 Å². The molecule has 0 rings (SSSR count). The number of carbonyl (C=O) groups is 2. The van der Waals surface area contributed by atoms with E-state index in [1.54, 1.807) is 6.08 Å². The van der Waals surface area contributed by atoms with Gasteiger partial charge in [-0.3, -0.25) is 0 Å². The fourth-order valence-electron chi connectivity index (χ4n) is 0.307. The van der Waals surface area contributed by atoms with Gasteiger partial charge in [0.2, 0.25) is 0 Å². The summed E-state index contributed by atoms with van der Waals surface area (Å²) < 4.78 is 3.08. The van der Waals surface area contributed by atoms with Crippen LogP contribution in [0.4, 0.5) is 9.59 Å². The topological polar surface area (TPSA) is 83.8 Å². The van der Waals surface area contributed by atoms with E-state index in [-0.39, 0.29) is 0 Å². The van der Waals surface area contributed by atoms with Crippen LogP contribution in [-0.2, 0) is 4.74 Å². The van der Waals surface area contributed by atoms with Crippen LogP contribution in [-0.4, -0.2) is 22.5 Å². The molecular weight excluding hydrogens is 176 g/mol. The molecule has 0 fully saturated rings. The van der Waals surface area contributed by atoms with Gasteiger partial charge in [-0.25, -0.2) is 9.59 Å². The van der Waals surface area contributed by atoms with Gasteiger partial charge in [-0.15, -0.1) is 0 Å². The monoisotopic (exact) mass is 188 g/mol. The normalized spacial score (nSPS) is 8.38. The molecule has 0 aliphatic carbocycles. The van der Waals surface area contributed by atoms with Crippen LogP contribution in [0.25, 0.3) is 0 Å². The molecule has 0 saturated heterocycles. The molecule has 0 radical (unpaired) electrons. The van der Waals surface area contributed by atoms with Crippen molar-refractivity contribution in [3.63, 3.8) is 0 Å². The van der Waals surface area contributed by atoms with E-state index < -0.39 is 12.3 Å². The molecule has 0 aromatic rings. The van der Waals surface area contributed by atoms with Crippen molar-refractivity contribution in [2.24, 2.45) is 0 Å². The van der Waals surface area contributed by atoms with Crippen LogP contribution in [0.2, 0.25) is 0 Å². The molecule has 74 valence electrons. The highest BCUT2D eigenvalue weighted by atomic mass is 16.7. The minimum atomic E-state index is -1.81. The zero-order chi connectivity index (χ0) is 10.7. The summed E-state index contributed by atoms with van der Waals surface area (Å²) in [6.07, 6.45) is 3.27. The van der Waals surface area contributed by atoms with E-state index in [0.29, 0.717) is 0 Å². The SMILES string of the molecule is C=CC=CCC.O=C(O)OC(=O)O. The molecule has 0 unspecified atom stereocenters. The smallest absolute Gasteiger partial charge is 0.449 e. The summed E-state index contributed by atoms with van der Waals surface area (Å²) in [5.41, 5.74) is 0. The van der Waals surface area contributed by atoms with E-state index in [0.717, 1.165) is 6.42 Å². The van der Waals surface area contributed by atoms with E-state index in [1.807, 2.05) is 6.08 Å². The van der Waals surface area contributed by atoms with E-state index in [4.69, 9.17) is 10.2 Å². The highest BCUT2D eigenvalue weighted by molar-refractivity contribution is 5.74.